The van der Waals surface area contributed by atoms with Crippen LogP contribution in [-0.2, 0) is 20.9 Å². The lowest BCUT2D eigenvalue weighted by Gasteiger charge is -2.35. The predicted octanol–water partition coefficient (Wildman–Crippen LogP) is 5.70. The van der Waals surface area contributed by atoms with Crippen molar-refractivity contribution < 1.29 is 24.2 Å². The Labute approximate surface area is 269 Å². The number of nitrogens with one attached hydrogen (secondary N) is 2. The summed E-state index contributed by atoms with van der Waals surface area (Å²) in [6.07, 6.45) is 8.26. The average molecular weight is 623 g/mol. The van der Waals surface area contributed by atoms with E-state index in [0.717, 1.165) is 49.7 Å². The van der Waals surface area contributed by atoms with Crippen molar-refractivity contribution >= 4 is 17.9 Å². The van der Waals surface area contributed by atoms with Gasteiger partial charge in [0.1, 0.15) is 12.6 Å². The van der Waals surface area contributed by atoms with Gasteiger partial charge < -0.3 is 26.6 Å². The van der Waals surface area contributed by atoms with Crippen LogP contribution in [0.3, 0.4) is 0 Å². The molecule has 248 valence electrons. The second-order valence-electron chi connectivity index (χ2n) is 12.5. The maximum absolute atomic E-state index is 12.0. The summed E-state index contributed by atoms with van der Waals surface area (Å²) in [6.45, 7) is 15.3. The molecule has 9 nitrogen and oxygen atoms in total. The van der Waals surface area contributed by atoms with Crippen LogP contribution in [0.15, 0.2) is 86.0 Å². The molecular weight excluding hydrogens is 568 g/mol. The minimum absolute atomic E-state index is 0.0868. The van der Waals surface area contributed by atoms with Crippen LogP contribution in [0.25, 0.3) is 0 Å². The molecule has 0 fully saturated rings. The number of amides is 3. The van der Waals surface area contributed by atoms with E-state index in [1.165, 1.54) is 0 Å². The SMILES string of the molecule is C=CCCCC(C)(C)C(NC(=O)OCc1ccccc1)C(N)=O.C=CCCCC(C)(C)C(N[C@@H](CO)c1ccccc1)C(N)=O. The largest absolute Gasteiger partial charge is 0.445 e. The van der Waals surface area contributed by atoms with Crippen molar-refractivity contribution in [2.24, 2.45) is 22.3 Å². The van der Waals surface area contributed by atoms with Crippen LogP contribution < -0.4 is 22.1 Å². The lowest BCUT2D eigenvalue weighted by atomic mass is 9.78. The van der Waals surface area contributed by atoms with Crippen molar-refractivity contribution in [1.29, 1.82) is 0 Å². The number of hydrogen-bond donors (Lipinski definition) is 5. The van der Waals surface area contributed by atoms with E-state index in [9.17, 15) is 19.5 Å². The molecule has 3 amide bonds. The molecule has 0 spiro atoms. The van der Waals surface area contributed by atoms with Gasteiger partial charge in [-0.1, -0.05) is 101 Å². The van der Waals surface area contributed by atoms with E-state index in [1.54, 1.807) is 0 Å². The Morgan fingerprint density at radius 1 is 0.822 bits per heavy atom. The van der Waals surface area contributed by atoms with E-state index in [1.807, 2.05) is 101 Å². The molecule has 2 rings (SSSR count). The van der Waals surface area contributed by atoms with Gasteiger partial charge in [-0.15, -0.1) is 13.2 Å². The van der Waals surface area contributed by atoms with E-state index < -0.39 is 35.4 Å². The highest BCUT2D eigenvalue weighted by molar-refractivity contribution is 5.85. The Morgan fingerprint density at radius 2 is 1.29 bits per heavy atom. The summed E-state index contributed by atoms with van der Waals surface area (Å²) < 4.78 is 5.16. The smallest absolute Gasteiger partial charge is 0.408 e. The number of benzene rings is 2. The van der Waals surface area contributed by atoms with Gasteiger partial charge in [-0.2, -0.15) is 0 Å². The van der Waals surface area contributed by atoms with Crippen LogP contribution in [-0.4, -0.2) is 41.7 Å². The second kappa shape index (κ2) is 20.2. The highest BCUT2D eigenvalue weighted by Gasteiger charge is 2.36. The third-order valence-electron chi connectivity index (χ3n) is 7.82. The Morgan fingerprint density at radius 3 is 1.73 bits per heavy atom. The summed E-state index contributed by atoms with van der Waals surface area (Å²) in [4.78, 5) is 35.6. The number of carbonyl (C=O) groups is 3. The minimum atomic E-state index is -0.782. The van der Waals surface area contributed by atoms with Crippen molar-refractivity contribution in [3.05, 3.63) is 97.1 Å². The molecule has 0 aromatic heterocycles. The number of ether oxygens (including phenoxy) is 1. The standard InChI is InChI=1S/C18H26N2O3.C18H28N2O2/c1-4-5-9-12-18(2,3)15(16(19)21)20-17(22)23-13-14-10-7-6-8-11-14;1-4-5-9-12-18(2,3)16(17(19)22)20-15(13-21)14-10-7-6-8-11-14/h4,6-8,10-11,15H,1,5,9,12-13H2,2-3H3,(H2,19,21)(H,20,22);4,6-8,10-11,15-16,20-21H,1,5,9,12-13H2,2-3H3,(H2,19,22)/t;15-,16?/m.0/s1. The van der Waals surface area contributed by atoms with E-state index in [2.05, 4.69) is 23.8 Å². The van der Waals surface area contributed by atoms with Gasteiger partial charge in [0.25, 0.3) is 0 Å². The third-order valence-corrected chi connectivity index (χ3v) is 7.82. The van der Waals surface area contributed by atoms with Crippen LogP contribution in [0.2, 0.25) is 0 Å². The van der Waals surface area contributed by atoms with Crippen LogP contribution in [0.1, 0.15) is 83.4 Å². The lowest BCUT2D eigenvalue weighted by Crippen LogP contribution is -2.53. The predicted molar refractivity (Wildman–Crippen MR) is 181 cm³/mol. The van der Waals surface area contributed by atoms with Crippen molar-refractivity contribution in [2.45, 2.75) is 91.0 Å². The maximum Gasteiger partial charge on any atom is 0.408 e. The number of unbranched alkanes of at least 4 members (excludes halogenated alkanes) is 2. The fourth-order valence-electron chi connectivity index (χ4n) is 5.06. The summed E-state index contributed by atoms with van der Waals surface area (Å²) in [5.41, 5.74) is 12.1. The molecule has 0 aliphatic heterocycles. The van der Waals surface area contributed by atoms with Gasteiger partial charge in [0.2, 0.25) is 11.8 Å². The number of carbonyl (C=O) groups excluding carboxylic acids is 3. The minimum Gasteiger partial charge on any atom is -0.445 e. The quantitative estimate of drug-likeness (QED) is 0.100. The molecular formula is C36H54N4O5. The van der Waals surface area contributed by atoms with Crippen LogP contribution >= 0.6 is 0 Å². The lowest BCUT2D eigenvalue weighted by molar-refractivity contribution is -0.123. The fraction of sp³-hybridized carbons (Fsp3) is 0.472. The van der Waals surface area contributed by atoms with Crippen LogP contribution in [0.4, 0.5) is 4.79 Å². The van der Waals surface area contributed by atoms with E-state index >= 15 is 0 Å². The number of aliphatic hydroxyl groups is 1. The Bertz CT molecular complexity index is 1180. The number of rotatable bonds is 19. The summed E-state index contributed by atoms with van der Waals surface area (Å²) in [7, 11) is 0. The first-order valence-electron chi connectivity index (χ1n) is 15.5. The fourth-order valence-corrected chi connectivity index (χ4v) is 5.06. The summed E-state index contributed by atoms with van der Waals surface area (Å²) in [5, 5.41) is 15.5. The molecule has 0 saturated carbocycles. The topological polar surface area (TPSA) is 157 Å². The molecule has 3 atom stereocenters. The number of nitrogens with two attached hydrogens (primary N) is 2. The first-order valence-corrected chi connectivity index (χ1v) is 15.5. The maximum atomic E-state index is 12.0. The first-order chi connectivity index (χ1) is 21.3. The highest BCUT2D eigenvalue weighted by Crippen LogP contribution is 2.30. The van der Waals surface area contributed by atoms with Crippen LogP contribution in [0.5, 0.6) is 0 Å². The average Bonchev–Trinajstić information content (AvgIpc) is 3.00. The van der Waals surface area contributed by atoms with Gasteiger partial charge in [-0.05, 0) is 60.5 Å². The Hall–Kier alpha value is -3.95. The van der Waals surface area contributed by atoms with E-state index in [-0.39, 0.29) is 24.7 Å². The molecule has 0 aliphatic rings. The summed E-state index contributed by atoms with van der Waals surface area (Å²) >= 11 is 0. The van der Waals surface area contributed by atoms with E-state index in [0.29, 0.717) is 0 Å². The summed E-state index contributed by atoms with van der Waals surface area (Å²) in [5.74, 6) is -0.955. The van der Waals surface area contributed by atoms with Gasteiger partial charge in [0.05, 0.1) is 18.7 Å². The van der Waals surface area contributed by atoms with Gasteiger partial charge >= 0.3 is 6.09 Å². The summed E-state index contributed by atoms with van der Waals surface area (Å²) in [6, 6.07) is 17.3. The monoisotopic (exact) mass is 622 g/mol. The Kier molecular flexibility index (Phi) is 17.5. The zero-order valence-electron chi connectivity index (χ0n) is 27.5. The Balaban J connectivity index is 0.000000450. The second-order valence-corrected chi connectivity index (χ2v) is 12.5. The van der Waals surface area contributed by atoms with Gasteiger partial charge in [-0.3, -0.25) is 14.9 Å². The third kappa shape index (κ3) is 14.6. The van der Waals surface area contributed by atoms with Crippen molar-refractivity contribution in [2.75, 3.05) is 6.61 Å². The van der Waals surface area contributed by atoms with Crippen molar-refractivity contribution in [3.63, 3.8) is 0 Å². The zero-order valence-corrected chi connectivity index (χ0v) is 27.5. The van der Waals surface area contributed by atoms with Gasteiger partial charge in [0, 0.05) is 0 Å². The van der Waals surface area contributed by atoms with Gasteiger partial charge in [-0.25, -0.2) is 4.79 Å². The normalized spacial score (nSPS) is 13.3. The van der Waals surface area contributed by atoms with Crippen LogP contribution in [0, 0.1) is 10.8 Å². The van der Waals surface area contributed by atoms with E-state index in [4.69, 9.17) is 16.2 Å². The molecule has 2 unspecified atom stereocenters. The molecule has 7 N–H and O–H groups in total. The molecule has 0 radical (unpaired) electrons. The number of alkyl carbamates (subject to hydrolysis) is 1. The number of primary amides is 2. The molecule has 9 heteroatoms. The molecule has 45 heavy (non-hydrogen) atoms. The molecule has 0 heterocycles. The van der Waals surface area contributed by atoms with Crippen molar-refractivity contribution in [3.8, 4) is 0 Å². The highest BCUT2D eigenvalue weighted by atomic mass is 16.5. The number of hydrogen-bond acceptors (Lipinski definition) is 6. The molecule has 2 aromatic rings. The number of aliphatic hydroxyl groups excluding tert-OH is 1. The zero-order chi connectivity index (χ0) is 33.9. The first kappa shape index (κ1) is 39.1. The molecule has 0 bridgehead atoms. The molecule has 0 aliphatic carbocycles. The number of allylic oxidation sites excluding steroid dienone is 2. The molecule has 2 aromatic carbocycles. The van der Waals surface area contributed by atoms with Crippen molar-refractivity contribution in [1.82, 2.24) is 10.6 Å². The molecule has 0 saturated heterocycles. The van der Waals surface area contributed by atoms with Gasteiger partial charge in [0.15, 0.2) is 0 Å².